The molecule has 2 aliphatic rings. The van der Waals surface area contributed by atoms with Crippen molar-refractivity contribution in [2.75, 3.05) is 19.6 Å². The van der Waals surface area contributed by atoms with Gasteiger partial charge in [0.1, 0.15) is 0 Å². The molecule has 5 nitrogen and oxygen atoms in total. The third kappa shape index (κ3) is 2.18. The van der Waals surface area contributed by atoms with E-state index in [4.69, 9.17) is 0 Å². The van der Waals surface area contributed by atoms with Gasteiger partial charge in [-0.05, 0) is 32.9 Å². The predicted octanol–water partition coefficient (Wildman–Crippen LogP) is -0.565. The molecule has 0 atom stereocenters. The number of hydrazine groups is 1. The largest absolute Gasteiger partial charge is 0.317 e. The van der Waals surface area contributed by atoms with Crippen molar-refractivity contribution >= 4 is 11.7 Å². The van der Waals surface area contributed by atoms with E-state index in [0.717, 1.165) is 25.9 Å². The predicted molar refractivity (Wildman–Crippen MR) is 55.0 cm³/mol. The van der Waals surface area contributed by atoms with Gasteiger partial charge in [-0.2, -0.15) is 0 Å². The molecule has 0 unspecified atom stereocenters. The number of carbonyl (C=O) groups is 2. The molecule has 0 aromatic carbocycles. The molecule has 0 radical (unpaired) electrons. The van der Waals surface area contributed by atoms with Crippen LogP contribution in [0.15, 0.2) is 0 Å². The average Bonchev–Trinajstić information content (AvgIpc) is 2.43. The second-order valence-electron chi connectivity index (χ2n) is 4.50. The van der Waals surface area contributed by atoms with Crippen LogP contribution in [0.1, 0.15) is 26.2 Å². The van der Waals surface area contributed by atoms with E-state index < -0.39 is 0 Å². The highest BCUT2D eigenvalue weighted by molar-refractivity contribution is 5.86. The Morgan fingerprint density at radius 2 is 2.13 bits per heavy atom. The zero-order chi connectivity index (χ0) is 10.9. The van der Waals surface area contributed by atoms with E-state index in [1.807, 2.05) is 0 Å². The first-order valence-electron chi connectivity index (χ1n) is 5.40. The van der Waals surface area contributed by atoms with Gasteiger partial charge in [-0.3, -0.25) is 14.6 Å². The summed E-state index contributed by atoms with van der Waals surface area (Å²) in [5.41, 5.74) is 3.12. The van der Waals surface area contributed by atoms with Gasteiger partial charge in [0.2, 0.25) is 5.91 Å². The Hall–Kier alpha value is -0.940. The molecule has 2 N–H and O–H groups in total. The fourth-order valence-electron chi connectivity index (χ4n) is 2.32. The van der Waals surface area contributed by atoms with E-state index in [9.17, 15) is 9.59 Å². The summed E-state index contributed by atoms with van der Waals surface area (Å²) >= 11 is 0. The molecule has 1 spiro atoms. The number of hydrogen-bond acceptors (Lipinski definition) is 4. The van der Waals surface area contributed by atoms with E-state index in [0.29, 0.717) is 6.42 Å². The number of hydrogen-bond donors (Lipinski definition) is 2. The summed E-state index contributed by atoms with van der Waals surface area (Å²) in [6.45, 7) is 3.57. The monoisotopic (exact) mass is 211 g/mol. The van der Waals surface area contributed by atoms with Crippen LogP contribution in [0, 0.1) is 0 Å². The van der Waals surface area contributed by atoms with Crippen molar-refractivity contribution in [3.05, 3.63) is 0 Å². The van der Waals surface area contributed by atoms with Crippen molar-refractivity contribution in [3.63, 3.8) is 0 Å². The van der Waals surface area contributed by atoms with E-state index in [2.05, 4.69) is 10.7 Å². The summed E-state index contributed by atoms with van der Waals surface area (Å²) in [5, 5.41) is 4.75. The van der Waals surface area contributed by atoms with Crippen molar-refractivity contribution in [2.45, 2.75) is 31.7 Å². The highest BCUT2D eigenvalue weighted by atomic mass is 16.2. The van der Waals surface area contributed by atoms with Crippen LogP contribution >= 0.6 is 0 Å². The van der Waals surface area contributed by atoms with Gasteiger partial charge in [0.05, 0.1) is 6.54 Å². The molecule has 2 heterocycles. The van der Waals surface area contributed by atoms with Crippen LogP contribution in [-0.4, -0.2) is 41.9 Å². The van der Waals surface area contributed by atoms with Crippen molar-refractivity contribution < 1.29 is 9.59 Å². The Bertz CT molecular complexity index is 284. The number of rotatable bonds is 2. The van der Waals surface area contributed by atoms with Gasteiger partial charge in [-0.25, -0.2) is 5.43 Å². The van der Waals surface area contributed by atoms with Crippen LogP contribution in [0.5, 0.6) is 0 Å². The van der Waals surface area contributed by atoms with E-state index >= 15 is 0 Å². The van der Waals surface area contributed by atoms with Crippen molar-refractivity contribution in [2.24, 2.45) is 0 Å². The highest BCUT2D eigenvalue weighted by Gasteiger charge is 2.43. The first-order chi connectivity index (χ1) is 7.11. The molecular weight excluding hydrogens is 194 g/mol. The van der Waals surface area contributed by atoms with Gasteiger partial charge in [-0.15, -0.1) is 0 Å². The molecule has 15 heavy (non-hydrogen) atoms. The molecule has 84 valence electrons. The lowest BCUT2D eigenvalue weighted by molar-refractivity contribution is -0.133. The highest BCUT2D eigenvalue weighted by Crippen LogP contribution is 2.28. The normalized spacial score (nSPS) is 24.9. The first kappa shape index (κ1) is 10.6. The maximum Gasteiger partial charge on any atom is 0.239 e. The van der Waals surface area contributed by atoms with Gasteiger partial charge >= 0.3 is 0 Å². The van der Waals surface area contributed by atoms with Crippen LogP contribution < -0.4 is 10.7 Å². The lowest BCUT2D eigenvalue weighted by Crippen LogP contribution is -2.52. The van der Waals surface area contributed by atoms with Gasteiger partial charge in [0.25, 0.3) is 0 Å². The molecule has 2 aliphatic heterocycles. The molecule has 1 amide bonds. The molecule has 5 heteroatoms. The number of piperidine rings is 1. The topological polar surface area (TPSA) is 61.4 Å². The second kappa shape index (κ2) is 3.90. The van der Waals surface area contributed by atoms with Crippen LogP contribution in [0.4, 0.5) is 0 Å². The number of carbonyl (C=O) groups excluding carboxylic acids is 2. The first-order valence-corrected chi connectivity index (χ1v) is 5.40. The average molecular weight is 211 g/mol. The standard InChI is InChI=1S/C10H17N3O2/c1-8(14)7-13-9(15)6-10(12-13)2-4-11-5-3-10/h11-12H,2-7H2,1H3. The Labute approximate surface area is 89.2 Å². The summed E-state index contributed by atoms with van der Waals surface area (Å²) in [6.07, 6.45) is 2.43. The molecule has 0 aliphatic carbocycles. The van der Waals surface area contributed by atoms with E-state index in [1.54, 1.807) is 0 Å². The SMILES string of the molecule is CC(=O)CN1NC2(CCNCC2)CC1=O. The third-order valence-corrected chi connectivity index (χ3v) is 3.10. The lowest BCUT2D eigenvalue weighted by atomic mass is 9.87. The molecule has 0 bridgehead atoms. The molecule has 2 fully saturated rings. The lowest BCUT2D eigenvalue weighted by Gasteiger charge is -2.33. The zero-order valence-corrected chi connectivity index (χ0v) is 9.01. The minimum absolute atomic E-state index is 0.0156. The minimum Gasteiger partial charge on any atom is -0.317 e. The van der Waals surface area contributed by atoms with Gasteiger partial charge in [0.15, 0.2) is 5.78 Å². The number of ketones is 1. The van der Waals surface area contributed by atoms with E-state index in [-0.39, 0.29) is 23.8 Å². The molecule has 0 aromatic heterocycles. The second-order valence-corrected chi connectivity index (χ2v) is 4.50. The molecular formula is C10H17N3O2. The molecule has 2 rings (SSSR count). The number of nitrogens with one attached hydrogen (secondary N) is 2. The summed E-state index contributed by atoms with van der Waals surface area (Å²) in [5.74, 6) is 0.0638. The fraction of sp³-hybridized carbons (Fsp3) is 0.800. The number of Topliss-reactive ketones (excluding diaryl/α,β-unsaturated/α-hetero) is 1. The Morgan fingerprint density at radius 1 is 1.47 bits per heavy atom. The smallest absolute Gasteiger partial charge is 0.239 e. The van der Waals surface area contributed by atoms with Crippen molar-refractivity contribution in [3.8, 4) is 0 Å². The van der Waals surface area contributed by atoms with Crippen LogP contribution in [0.2, 0.25) is 0 Å². The van der Waals surface area contributed by atoms with Crippen LogP contribution in [0.25, 0.3) is 0 Å². The summed E-state index contributed by atoms with van der Waals surface area (Å²) in [6, 6.07) is 0. The fourth-order valence-corrected chi connectivity index (χ4v) is 2.32. The number of nitrogens with zero attached hydrogens (tertiary/aromatic N) is 1. The van der Waals surface area contributed by atoms with E-state index in [1.165, 1.54) is 11.9 Å². The van der Waals surface area contributed by atoms with Crippen molar-refractivity contribution in [1.29, 1.82) is 0 Å². The number of amides is 1. The van der Waals surface area contributed by atoms with Gasteiger partial charge in [-0.1, -0.05) is 0 Å². The minimum atomic E-state index is -0.0855. The molecule has 0 aromatic rings. The summed E-state index contributed by atoms with van der Waals surface area (Å²) < 4.78 is 0. The quantitative estimate of drug-likeness (QED) is 0.642. The summed E-state index contributed by atoms with van der Waals surface area (Å²) in [4.78, 5) is 22.6. The zero-order valence-electron chi connectivity index (χ0n) is 9.01. The van der Waals surface area contributed by atoms with Crippen LogP contribution in [0.3, 0.4) is 0 Å². The maximum absolute atomic E-state index is 11.7. The molecule has 0 saturated carbocycles. The Morgan fingerprint density at radius 3 is 2.73 bits per heavy atom. The van der Waals surface area contributed by atoms with Gasteiger partial charge < -0.3 is 5.32 Å². The van der Waals surface area contributed by atoms with Crippen molar-refractivity contribution in [1.82, 2.24) is 15.8 Å². The Balaban J connectivity index is 2.01. The molecule has 2 saturated heterocycles. The Kier molecular flexibility index (Phi) is 2.75. The summed E-state index contributed by atoms with van der Waals surface area (Å²) in [7, 11) is 0. The third-order valence-electron chi connectivity index (χ3n) is 3.10. The maximum atomic E-state index is 11.7. The van der Waals surface area contributed by atoms with Gasteiger partial charge in [0, 0.05) is 12.0 Å². The van der Waals surface area contributed by atoms with Crippen LogP contribution in [-0.2, 0) is 9.59 Å².